The number of ketones is 1. The smallest absolute Gasteiger partial charge is 0.228 e. The number of carbonyl (C=O) groups is 2. The Hall–Kier alpha value is -2.46. The largest absolute Gasteiger partial charge is 0.324 e. The van der Waals surface area contributed by atoms with Crippen LogP contribution >= 0.6 is 11.3 Å². The van der Waals surface area contributed by atoms with E-state index in [9.17, 15) is 9.59 Å². The van der Waals surface area contributed by atoms with Crippen LogP contribution in [0.2, 0.25) is 0 Å². The normalized spacial score (nSPS) is 10.6. The maximum absolute atomic E-state index is 12.3. The van der Waals surface area contributed by atoms with Crippen molar-refractivity contribution in [3.05, 3.63) is 64.4 Å². The molecule has 0 fully saturated rings. The first kappa shape index (κ1) is 14.5. The molecule has 2 aromatic carbocycles. The molecule has 0 unspecified atom stereocenters. The molecule has 3 aromatic rings. The minimum Gasteiger partial charge on any atom is -0.324 e. The van der Waals surface area contributed by atoms with Gasteiger partial charge in [0, 0.05) is 6.92 Å². The van der Waals surface area contributed by atoms with Crippen LogP contribution < -0.4 is 5.32 Å². The molecule has 4 heteroatoms. The van der Waals surface area contributed by atoms with Gasteiger partial charge >= 0.3 is 0 Å². The van der Waals surface area contributed by atoms with Crippen molar-refractivity contribution in [3.8, 4) is 0 Å². The van der Waals surface area contributed by atoms with E-state index in [1.165, 1.54) is 18.3 Å². The number of thiophene rings is 1. The van der Waals surface area contributed by atoms with Gasteiger partial charge in [0.1, 0.15) is 0 Å². The van der Waals surface area contributed by atoms with E-state index >= 15 is 0 Å². The van der Waals surface area contributed by atoms with Crippen molar-refractivity contribution in [1.82, 2.24) is 0 Å². The van der Waals surface area contributed by atoms with E-state index in [1.54, 1.807) is 6.07 Å². The predicted molar refractivity (Wildman–Crippen MR) is 90.6 cm³/mol. The van der Waals surface area contributed by atoms with Crippen molar-refractivity contribution in [3.63, 3.8) is 0 Å². The molecule has 3 nitrogen and oxygen atoms in total. The molecule has 1 aromatic heterocycles. The summed E-state index contributed by atoms with van der Waals surface area (Å²) in [4.78, 5) is 24.4. The molecule has 0 aliphatic carbocycles. The summed E-state index contributed by atoms with van der Waals surface area (Å²) in [6.45, 7) is 1.51. The number of benzene rings is 2. The Morgan fingerprint density at radius 1 is 1.05 bits per heavy atom. The van der Waals surface area contributed by atoms with Crippen molar-refractivity contribution in [2.45, 2.75) is 13.3 Å². The van der Waals surface area contributed by atoms with Gasteiger partial charge in [-0.2, -0.15) is 0 Å². The second kappa shape index (κ2) is 6.12. The van der Waals surface area contributed by atoms with E-state index in [4.69, 9.17) is 0 Å². The van der Waals surface area contributed by atoms with Gasteiger partial charge in [-0.05, 0) is 27.8 Å². The fraction of sp³-hybridized carbons (Fsp3) is 0.111. The molecule has 110 valence electrons. The highest BCUT2D eigenvalue weighted by Gasteiger charge is 2.13. The minimum atomic E-state index is -0.114. The topological polar surface area (TPSA) is 46.2 Å². The molecule has 0 atom stereocenters. The number of carbonyl (C=O) groups excluding carboxylic acids is 2. The number of amides is 1. The highest BCUT2D eigenvalue weighted by molar-refractivity contribution is 7.12. The number of hydrogen-bond donors (Lipinski definition) is 1. The average molecular weight is 309 g/mol. The fourth-order valence-electron chi connectivity index (χ4n) is 2.49. The number of hydrogen-bond acceptors (Lipinski definition) is 3. The summed E-state index contributed by atoms with van der Waals surface area (Å²) >= 11 is 1.34. The standard InChI is InChI=1S/C18H15NO2S/c1-12(20)18-16(9-10-22-18)19-17(21)11-14-7-4-6-13-5-2-3-8-15(13)14/h2-10H,11H2,1H3,(H,19,21). The lowest BCUT2D eigenvalue weighted by Gasteiger charge is -2.08. The third kappa shape index (κ3) is 2.92. The quantitative estimate of drug-likeness (QED) is 0.731. The second-order valence-electron chi connectivity index (χ2n) is 5.08. The number of Topliss-reactive ketones (excluding diaryl/α,β-unsaturated/α-hetero) is 1. The van der Waals surface area contributed by atoms with Crippen LogP contribution in [0.25, 0.3) is 10.8 Å². The molecule has 0 saturated carbocycles. The number of anilines is 1. The van der Waals surface area contributed by atoms with E-state index in [2.05, 4.69) is 5.32 Å². The third-order valence-corrected chi connectivity index (χ3v) is 4.51. The molecule has 3 rings (SSSR count). The Kier molecular flexibility index (Phi) is 4.02. The van der Waals surface area contributed by atoms with Crippen molar-refractivity contribution in [1.29, 1.82) is 0 Å². The first-order valence-electron chi connectivity index (χ1n) is 7.00. The van der Waals surface area contributed by atoms with Crippen LogP contribution in [0.1, 0.15) is 22.2 Å². The second-order valence-corrected chi connectivity index (χ2v) is 6.00. The van der Waals surface area contributed by atoms with Crippen molar-refractivity contribution >= 4 is 39.5 Å². The summed E-state index contributed by atoms with van der Waals surface area (Å²) in [7, 11) is 0. The first-order valence-corrected chi connectivity index (χ1v) is 7.88. The van der Waals surface area contributed by atoms with E-state index in [0.29, 0.717) is 10.6 Å². The lowest BCUT2D eigenvalue weighted by atomic mass is 10.0. The first-order chi connectivity index (χ1) is 10.6. The summed E-state index contributed by atoms with van der Waals surface area (Å²) in [5.74, 6) is -0.146. The molecular weight excluding hydrogens is 294 g/mol. The van der Waals surface area contributed by atoms with Crippen molar-refractivity contribution < 1.29 is 9.59 Å². The summed E-state index contributed by atoms with van der Waals surface area (Å²) in [6.07, 6.45) is 0.286. The summed E-state index contributed by atoms with van der Waals surface area (Å²) < 4.78 is 0. The molecule has 0 aliphatic rings. The Morgan fingerprint density at radius 3 is 2.64 bits per heavy atom. The molecule has 1 heterocycles. The zero-order valence-corrected chi connectivity index (χ0v) is 12.9. The van der Waals surface area contributed by atoms with Gasteiger partial charge in [-0.3, -0.25) is 9.59 Å². The summed E-state index contributed by atoms with van der Waals surface area (Å²) in [5.41, 5.74) is 1.58. The predicted octanol–water partition coefficient (Wildman–Crippen LogP) is 4.29. The van der Waals surface area contributed by atoms with E-state index in [-0.39, 0.29) is 18.1 Å². The lowest BCUT2D eigenvalue weighted by Crippen LogP contribution is -2.15. The molecule has 0 saturated heterocycles. The molecular formula is C18H15NO2S. The molecule has 1 amide bonds. The van der Waals surface area contributed by atoms with Gasteiger partial charge in [0.25, 0.3) is 0 Å². The fourth-order valence-corrected chi connectivity index (χ4v) is 3.25. The van der Waals surface area contributed by atoms with Crippen LogP contribution in [0.5, 0.6) is 0 Å². The van der Waals surface area contributed by atoms with Gasteiger partial charge in [0.15, 0.2) is 5.78 Å². The van der Waals surface area contributed by atoms with Crippen molar-refractivity contribution in [2.24, 2.45) is 0 Å². The van der Waals surface area contributed by atoms with Crippen LogP contribution in [0.4, 0.5) is 5.69 Å². The monoisotopic (exact) mass is 309 g/mol. The minimum absolute atomic E-state index is 0.0320. The maximum Gasteiger partial charge on any atom is 0.228 e. The van der Waals surface area contributed by atoms with E-state index < -0.39 is 0 Å². The van der Waals surface area contributed by atoms with E-state index in [1.807, 2.05) is 47.8 Å². The van der Waals surface area contributed by atoms with Crippen LogP contribution in [-0.2, 0) is 11.2 Å². The molecule has 0 bridgehead atoms. The van der Waals surface area contributed by atoms with Gasteiger partial charge in [0.05, 0.1) is 17.0 Å². The Balaban J connectivity index is 1.82. The van der Waals surface area contributed by atoms with Gasteiger partial charge in [0.2, 0.25) is 5.91 Å². The third-order valence-electron chi connectivity index (χ3n) is 3.49. The Labute approximate surface area is 132 Å². The van der Waals surface area contributed by atoms with Gasteiger partial charge in [-0.1, -0.05) is 42.5 Å². The SMILES string of the molecule is CC(=O)c1sccc1NC(=O)Cc1cccc2ccccc12. The van der Waals surface area contributed by atoms with E-state index in [0.717, 1.165) is 16.3 Å². The zero-order chi connectivity index (χ0) is 15.5. The van der Waals surface area contributed by atoms with Crippen LogP contribution in [0.15, 0.2) is 53.9 Å². The van der Waals surface area contributed by atoms with Crippen LogP contribution in [0.3, 0.4) is 0 Å². The highest BCUT2D eigenvalue weighted by atomic mass is 32.1. The zero-order valence-electron chi connectivity index (χ0n) is 12.1. The van der Waals surface area contributed by atoms with Gasteiger partial charge < -0.3 is 5.32 Å². The average Bonchev–Trinajstić information content (AvgIpc) is 2.96. The van der Waals surface area contributed by atoms with Crippen LogP contribution in [0, 0.1) is 0 Å². The number of fused-ring (bicyclic) bond motifs is 1. The molecule has 22 heavy (non-hydrogen) atoms. The summed E-state index contributed by atoms with van der Waals surface area (Å²) in [5, 5.41) is 6.84. The Bertz CT molecular complexity index is 846. The molecule has 0 aliphatic heterocycles. The van der Waals surface area contributed by atoms with Gasteiger partial charge in [-0.25, -0.2) is 0 Å². The molecule has 1 N–H and O–H groups in total. The van der Waals surface area contributed by atoms with Crippen molar-refractivity contribution in [2.75, 3.05) is 5.32 Å². The highest BCUT2D eigenvalue weighted by Crippen LogP contribution is 2.24. The van der Waals surface area contributed by atoms with Crippen LogP contribution in [-0.4, -0.2) is 11.7 Å². The molecule has 0 radical (unpaired) electrons. The maximum atomic E-state index is 12.3. The number of nitrogens with one attached hydrogen (secondary N) is 1. The lowest BCUT2D eigenvalue weighted by molar-refractivity contribution is -0.115. The summed E-state index contributed by atoms with van der Waals surface area (Å²) in [6, 6.07) is 15.7. The Morgan fingerprint density at radius 2 is 1.82 bits per heavy atom. The molecule has 0 spiro atoms. The van der Waals surface area contributed by atoms with Gasteiger partial charge in [-0.15, -0.1) is 11.3 Å². The number of rotatable bonds is 4.